The summed E-state index contributed by atoms with van der Waals surface area (Å²) in [7, 11) is 3.49. The van der Waals surface area contributed by atoms with Gasteiger partial charge >= 0.3 is 0 Å². The van der Waals surface area contributed by atoms with Crippen molar-refractivity contribution < 1.29 is 9.63 Å². The van der Waals surface area contributed by atoms with Crippen LogP contribution in [0, 0.1) is 0 Å². The van der Waals surface area contributed by atoms with Gasteiger partial charge < -0.3 is 9.74 Å². The molecule has 0 N–H and O–H groups in total. The molecule has 18 heavy (non-hydrogen) atoms. The first kappa shape index (κ1) is 13.3. The molecule has 0 radical (unpaired) electrons. The van der Waals surface area contributed by atoms with Crippen molar-refractivity contribution in [2.45, 2.75) is 44.8 Å². The first-order chi connectivity index (χ1) is 8.43. The molecule has 1 atom stereocenters. The van der Waals surface area contributed by atoms with E-state index in [1.807, 2.05) is 0 Å². The van der Waals surface area contributed by atoms with Crippen molar-refractivity contribution in [3.05, 3.63) is 0 Å². The Morgan fingerprint density at radius 3 is 2.83 bits per heavy atom. The molecular formula is C13H23N3O2. The average Bonchev–Trinajstić information content (AvgIpc) is 2.72. The van der Waals surface area contributed by atoms with Gasteiger partial charge in [0, 0.05) is 33.1 Å². The molecule has 1 fully saturated rings. The third kappa shape index (κ3) is 2.51. The highest BCUT2D eigenvalue weighted by molar-refractivity contribution is 6.39. The minimum atomic E-state index is -0.260. The Morgan fingerprint density at radius 2 is 2.22 bits per heavy atom. The predicted octanol–water partition coefficient (Wildman–Crippen LogP) is 1.09. The predicted molar refractivity (Wildman–Crippen MR) is 70.5 cm³/mol. The lowest BCUT2D eigenvalue weighted by Crippen LogP contribution is -2.51. The maximum absolute atomic E-state index is 11.9. The largest absolute Gasteiger partial charge is 0.387 e. The fraction of sp³-hybridized carbons (Fsp3) is 0.846. The van der Waals surface area contributed by atoms with Gasteiger partial charge in [-0.1, -0.05) is 5.16 Å². The summed E-state index contributed by atoms with van der Waals surface area (Å²) in [6.07, 6.45) is 2.74. The average molecular weight is 253 g/mol. The Labute approximate surface area is 109 Å². The van der Waals surface area contributed by atoms with Crippen molar-refractivity contribution in [1.82, 2.24) is 9.80 Å². The van der Waals surface area contributed by atoms with Gasteiger partial charge in [0.1, 0.15) is 5.71 Å². The lowest BCUT2D eigenvalue weighted by atomic mass is 9.87. The summed E-state index contributed by atoms with van der Waals surface area (Å²) >= 11 is 0. The normalized spacial score (nSPS) is 28.4. The van der Waals surface area contributed by atoms with Gasteiger partial charge in [0.05, 0.1) is 0 Å². The van der Waals surface area contributed by atoms with Gasteiger partial charge in [-0.25, -0.2) is 0 Å². The topological polar surface area (TPSA) is 45.1 Å². The van der Waals surface area contributed by atoms with E-state index < -0.39 is 0 Å². The van der Waals surface area contributed by atoms with E-state index in [9.17, 15) is 4.79 Å². The quantitative estimate of drug-likeness (QED) is 0.740. The fourth-order valence-corrected chi connectivity index (χ4v) is 2.69. The highest BCUT2D eigenvalue weighted by atomic mass is 16.7. The molecule has 2 rings (SSSR count). The van der Waals surface area contributed by atoms with E-state index in [1.165, 1.54) is 0 Å². The first-order valence-corrected chi connectivity index (χ1v) is 6.64. The molecule has 2 aliphatic heterocycles. The van der Waals surface area contributed by atoms with Crippen LogP contribution in [0.5, 0.6) is 0 Å². The maximum atomic E-state index is 11.9. The Bertz CT molecular complexity index is 365. The number of piperidine rings is 1. The van der Waals surface area contributed by atoms with Crippen LogP contribution in [0.15, 0.2) is 5.16 Å². The number of carbonyl (C=O) groups excluding carboxylic acids is 1. The molecule has 5 heteroatoms. The van der Waals surface area contributed by atoms with Crippen LogP contribution in [0.4, 0.5) is 0 Å². The molecule has 1 spiro atoms. The summed E-state index contributed by atoms with van der Waals surface area (Å²) in [5, 5.41) is 4.03. The van der Waals surface area contributed by atoms with Gasteiger partial charge in [0.15, 0.2) is 5.60 Å². The summed E-state index contributed by atoms with van der Waals surface area (Å²) in [6, 6.07) is 0.513. The van der Waals surface area contributed by atoms with Crippen molar-refractivity contribution >= 4 is 11.6 Å². The highest BCUT2D eigenvalue weighted by Crippen LogP contribution is 2.34. The Kier molecular flexibility index (Phi) is 3.61. The zero-order valence-electron chi connectivity index (χ0n) is 11.8. The van der Waals surface area contributed by atoms with E-state index in [1.54, 1.807) is 19.0 Å². The zero-order chi connectivity index (χ0) is 13.3. The van der Waals surface area contributed by atoms with Gasteiger partial charge in [-0.15, -0.1) is 0 Å². The SMILES string of the molecule is CC(C)N1CCCC2(CC(C(=O)N(C)C)=NO2)C1. The Balaban J connectivity index is 2.02. The third-order valence-corrected chi connectivity index (χ3v) is 3.79. The van der Waals surface area contributed by atoms with Crippen LogP contribution in [0.1, 0.15) is 33.1 Å². The Morgan fingerprint density at radius 1 is 1.50 bits per heavy atom. The number of oxime groups is 1. The molecule has 0 bridgehead atoms. The monoisotopic (exact) mass is 253 g/mol. The van der Waals surface area contributed by atoms with Gasteiger partial charge in [-0.2, -0.15) is 0 Å². The Hall–Kier alpha value is -1.10. The van der Waals surface area contributed by atoms with Gasteiger partial charge in [-0.05, 0) is 33.2 Å². The van der Waals surface area contributed by atoms with Crippen LogP contribution in [0.3, 0.4) is 0 Å². The van der Waals surface area contributed by atoms with E-state index >= 15 is 0 Å². The minimum absolute atomic E-state index is 0.0338. The third-order valence-electron chi connectivity index (χ3n) is 3.79. The molecule has 0 aromatic rings. The van der Waals surface area contributed by atoms with E-state index in [4.69, 9.17) is 4.84 Å². The van der Waals surface area contributed by atoms with Crippen LogP contribution in [-0.4, -0.2) is 60.2 Å². The van der Waals surface area contributed by atoms with Crippen LogP contribution in [-0.2, 0) is 9.63 Å². The smallest absolute Gasteiger partial charge is 0.271 e. The van der Waals surface area contributed by atoms with Crippen LogP contribution < -0.4 is 0 Å². The second-order valence-electron chi connectivity index (χ2n) is 5.86. The molecule has 102 valence electrons. The lowest BCUT2D eigenvalue weighted by Gasteiger charge is -2.40. The first-order valence-electron chi connectivity index (χ1n) is 6.64. The number of amides is 1. The van der Waals surface area contributed by atoms with Gasteiger partial charge in [0.25, 0.3) is 5.91 Å². The van der Waals surface area contributed by atoms with Crippen LogP contribution >= 0.6 is 0 Å². The number of nitrogens with zero attached hydrogens (tertiary/aromatic N) is 3. The number of carbonyl (C=O) groups is 1. The molecule has 0 aromatic carbocycles. The summed E-state index contributed by atoms with van der Waals surface area (Å²) in [4.78, 5) is 21.5. The van der Waals surface area contributed by atoms with E-state index in [2.05, 4.69) is 23.9 Å². The van der Waals surface area contributed by atoms with Crippen LogP contribution in [0.2, 0.25) is 0 Å². The molecule has 0 aromatic heterocycles. The fourth-order valence-electron chi connectivity index (χ4n) is 2.69. The highest BCUT2D eigenvalue weighted by Gasteiger charge is 2.45. The van der Waals surface area contributed by atoms with Crippen molar-refractivity contribution in [3.63, 3.8) is 0 Å². The molecule has 2 heterocycles. The second-order valence-corrected chi connectivity index (χ2v) is 5.86. The maximum Gasteiger partial charge on any atom is 0.271 e. The van der Waals surface area contributed by atoms with Crippen molar-refractivity contribution in [3.8, 4) is 0 Å². The van der Waals surface area contributed by atoms with Crippen molar-refractivity contribution in [2.24, 2.45) is 5.16 Å². The molecule has 0 aliphatic carbocycles. The molecule has 2 aliphatic rings. The summed E-state index contributed by atoms with van der Waals surface area (Å²) in [5.74, 6) is -0.0338. The lowest BCUT2D eigenvalue weighted by molar-refractivity contribution is -0.121. The summed E-state index contributed by atoms with van der Waals surface area (Å²) in [6.45, 7) is 6.37. The molecule has 5 nitrogen and oxygen atoms in total. The molecule has 0 saturated carbocycles. The van der Waals surface area contributed by atoms with E-state index in [-0.39, 0.29) is 11.5 Å². The molecule has 1 saturated heterocycles. The van der Waals surface area contributed by atoms with E-state index in [0.29, 0.717) is 18.2 Å². The van der Waals surface area contributed by atoms with Gasteiger partial charge in [-0.3, -0.25) is 9.69 Å². The minimum Gasteiger partial charge on any atom is -0.387 e. The molecular weight excluding hydrogens is 230 g/mol. The van der Waals surface area contributed by atoms with Gasteiger partial charge in [0.2, 0.25) is 0 Å². The van der Waals surface area contributed by atoms with Crippen molar-refractivity contribution in [1.29, 1.82) is 0 Å². The number of rotatable bonds is 2. The summed E-state index contributed by atoms with van der Waals surface area (Å²) in [5.41, 5.74) is 0.300. The number of hydrogen-bond donors (Lipinski definition) is 0. The van der Waals surface area contributed by atoms with Crippen molar-refractivity contribution in [2.75, 3.05) is 27.2 Å². The zero-order valence-corrected chi connectivity index (χ0v) is 11.8. The summed E-state index contributed by atoms with van der Waals surface area (Å²) < 4.78 is 0. The van der Waals surface area contributed by atoms with E-state index in [0.717, 1.165) is 25.9 Å². The second kappa shape index (κ2) is 4.88. The standard InChI is InChI=1S/C13H23N3O2/c1-10(2)16-7-5-6-13(9-16)8-11(14-18-13)12(17)15(3)4/h10H,5-9H2,1-4H3. The van der Waals surface area contributed by atoms with Crippen LogP contribution in [0.25, 0.3) is 0 Å². The molecule has 1 unspecified atom stereocenters. The molecule has 1 amide bonds. The number of hydrogen-bond acceptors (Lipinski definition) is 4. The number of likely N-dealkylation sites (tertiary alicyclic amines) is 1.